The summed E-state index contributed by atoms with van der Waals surface area (Å²) in [6, 6.07) is 3.87. The first-order valence-corrected chi connectivity index (χ1v) is 9.05. The number of aromatic nitrogens is 1. The Morgan fingerprint density at radius 2 is 2.11 bits per heavy atom. The lowest BCUT2D eigenvalue weighted by Gasteiger charge is -2.36. The number of hydrogen-bond donors (Lipinski definition) is 6. The highest BCUT2D eigenvalue weighted by molar-refractivity contribution is 5.94. The van der Waals surface area contributed by atoms with Crippen LogP contribution in [0.25, 0.3) is 0 Å². The molecule has 0 bridgehead atoms. The molecule has 1 atom stereocenters. The predicted octanol–water partition coefficient (Wildman–Crippen LogP) is -1.72. The molecule has 10 heteroatoms. The molecule has 3 heterocycles. The number of nitrogens with one attached hydrogen (secondary N) is 4. The first kappa shape index (κ1) is 19.5. The van der Waals surface area contributed by atoms with Gasteiger partial charge in [-0.15, -0.1) is 0 Å². The summed E-state index contributed by atoms with van der Waals surface area (Å²) >= 11 is 0. The minimum absolute atomic E-state index is 0.0781. The number of nitrogens with two attached hydrogens (primary N) is 2. The van der Waals surface area contributed by atoms with Gasteiger partial charge in [-0.3, -0.25) is 9.78 Å². The van der Waals surface area contributed by atoms with E-state index >= 15 is 0 Å². The fourth-order valence-electron chi connectivity index (χ4n) is 3.13. The van der Waals surface area contributed by atoms with Gasteiger partial charge >= 0.3 is 0 Å². The minimum Gasteiger partial charge on any atom is -0.485 e. The van der Waals surface area contributed by atoms with Crippen LogP contribution in [0.15, 0.2) is 18.5 Å². The lowest BCUT2D eigenvalue weighted by Crippen LogP contribution is -2.63. The predicted molar refractivity (Wildman–Crippen MR) is 99.3 cm³/mol. The molecule has 1 aromatic rings. The van der Waals surface area contributed by atoms with Gasteiger partial charge in [0.2, 0.25) is 5.91 Å². The van der Waals surface area contributed by atoms with Gasteiger partial charge in [0.15, 0.2) is 0 Å². The van der Waals surface area contributed by atoms with E-state index in [0.717, 1.165) is 13.1 Å². The fourth-order valence-corrected chi connectivity index (χ4v) is 3.13. The van der Waals surface area contributed by atoms with Gasteiger partial charge in [-0.05, 0) is 5.92 Å². The number of hydrogen-bond acceptors (Lipinski definition) is 9. The van der Waals surface area contributed by atoms with Gasteiger partial charge in [-0.25, -0.2) is 0 Å². The van der Waals surface area contributed by atoms with Crippen molar-refractivity contribution in [3.63, 3.8) is 0 Å². The molecule has 2 aliphatic rings. The van der Waals surface area contributed by atoms with E-state index in [1.54, 1.807) is 18.5 Å². The minimum atomic E-state index is -0.862. The van der Waals surface area contributed by atoms with Crippen molar-refractivity contribution >= 4 is 11.6 Å². The van der Waals surface area contributed by atoms with Crippen LogP contribution in [0, 0.1) is 23.2 Å². The van der Waals surface area contributed by atoms with Crippen LogP contribution < -0.4 is 37.5 Å². The highest BCUT2D eigenvalue weighted by atomic mass is 16.5. The number of ether oxygens (including phenoxy) is 1. The van der Waals surface area contributed by atoms with Crippen LogP contribution in [0.3, 0.4) is 0 Å². The Balaban J connectivity index is 1.65. The molecular formula is C17H26N8O2. The SMILES string of the molecule is N#CCC1CNC(C(C(=O)Nc2cnccc2OC2CNC2)C(N)N)NC1. The standard InChI is InChI=1S/C17H26N8O2/c18-3-1-10-5-23-16(24-6-10)14(15(19)20)17(26)25-12-9-21-4-2-13(12)27-11-7-22-8-11/h2,4,9-11,14-16,22-24H,1,5-8,19-20H2,(H,25,26). The Bertz CT molecular complexity index is 680. The number of nitrogens with zero attached hydrogens (tertiary/aromatic N) is 2. The molecular weight excluding hydrogens is 348 g/mol. The number of carbonyl (C=O) groups excluding carboxylic acids is 1. The van der Waals surface area contributed by atoms with Crippen LogP contribution in [0.1, 0.15) is 6.42 Å². The number of anilines is 1. The van der Waals surface area contributed by atoms with E-state index in [1.165, 1.54) is 0 Å². The smallest absolute Gasteiger partial charge is 0.233 e. The van der Waals surface area contributed by atoms with Gasteiger partial charge in [0.1, 0.15) is 17.5 Å². The summed E-state index contributed by atoms with van der Waals surface area (Å²) in [5.41, 5.74) is 12.3. The Hall–Kier alpha value is -2.29. The van der Waals surface area contributed by atoms with E-state index in [0.29, 0.717) is 30.9 Å². The summed E-state index contributed by atoms with van der Waals surface area (Å²) < 4.78 is 5.87. The third kappa shape index (κ3) is 4.91. The zero-order valence-electron chi connectivity index (χ0n) is 15.0. The van der Waals surface area contributed by atoms with Crippen molar-refractivity contribution in [1.29, 1.82) is 5.26 Å². The fraction of sp³-hybridized carbons (Fsp3) is 0.588. The summed E-state index contributed by atoms with van der Waals surface area (Å²) in [6.07, 6.45) is 2.45. The maximum Gasteiger partial charge on any atom is 0.233 e. The number of nitriles is 1. The van der Waals surface area contributed by atoms with E-state index in [9.17, 15) is 4.79 Å². The third-order valence-corrected chi connectivity index (χ3v) is 4.79. The average Bonchev–Trinajstić information content (AvgIpc) is 2.61. The summed E-state index contributed by atoms with van der Waals surface area (Å²) in [6.45, 7) is 2.78. The third-order valence-electron chi connectivity index (χ3n) is 4.79. The second-order valence-electron chi connectivity index (χ2n) is 6.88. The van der Waals surface area contributed by atoms with Crippen LogP contribution in [0.2, 0.25) is 0 Å². The monoisotopic (exact) mass is 374 g/mol. The van der Waals surface area contributed by atoms with Crippen LogP contribution in [-0.4, -0.2) is 55.5 Å². The molecule has 1 unspecified atom stereocenters. The number of rotatable bonds is 7. The van der Waals surface area contributed by atoms with Gasteiger partial charge in [-0.1, -0.05) is 0 Å². The normalized spacial score (nSPS) is 23.9. The zero-order valence-corrected chi connectivity index (χ0v) is 15.0. The van der Waals surface area contributed by atoms with E-state index < -0.39 is 12.1 Å². The molecule has 2 saturated heterocycles. The van der Waals surface area contributed by atoms with E-state index in [4.69, 9.17) is 21.5 Å². The molecule has 3 rings (SSSR count). The van der Waals surface area contributed by atoms with Gasteiger partial charge < -0.3 is 37.5 Å². The quantitative estimate of drug-likeness (QED) is 0.305. The Morgan fingerprint density at radius 3 is 2.70 bits per heavy atom. The zero-order chi connectivity index (χ0) is 19.2. The first-order valence-electron chi connectivity index (χ1n) is 9.05. The Kier molecular flexibility index (Phi) is 6.54. The van der Waals surface area contributed by atoms with Crippen molar-refractivity contribution < 1.29 is 9.53 Å². The van der Waals surface area contributed by atoms with E-state index in [2.05, 4.69) is 32.3 Å². The second kappa shape index (κ2) is 9.07. The molecule has 10 nitrogen and oxygen atoms in total. The molecule has 0 saturated carbocycles. The Morgan fingerprint density at radius 1 is 1.37 bits per heavy atom. The van der Waals surface area contributed by atoms with Gasteiger partial charge in [0.05, 0.1) is 30.5 Å². The molecule has 1 aromatic heterocycles. The molecule has 0 spiro atoms. The van der Waals surface area contributed by atoms with Crippen LogP contribution in [0.4, 0.5) is 5.69 Å². The molecule has 0 aromatic carbocycles. The summed E-state index contributed by atoms with van der Waals surface area (Å²) in [5.74, 6) is -0.268. The average molecular weight is 374 g/mol. The van der Waals surface area contributed by atoms with Crippen molar-refractivity contribution in [3.05, 3.63) is 18.5 Å². The highest BCUT2D eigenvalue weighted by Gasteiger charge is 2.35. The van der Waals surface area contributed by atoms with Crippen LogP contribution in [-0.2, 0) is 4.79 Å². The van der Waals surface area contributed by atoms with Crippen LogP contribution in [0.5, 0.6) is 5.75 Å². The first-order chi connectivity index (χ1) is 13.1. The topological polar surface area (TPSA) is 163 Å². The van der Waals surface area contributed by atoms with Gasteiger partial charge in [0, 0.05) is 44.9 Å². The molecule has 8 N–H and O–H groups in total. The number of amides is 1. The second-order valence-corrected chi connectivity index (χ2v) is 6.88. The maximum absolute atomic E-state index is 12.9. The molecule has 2 aliphatic heterocycles. The molecule has 27 heavy (non-hydrogen) atoms. The van der Waals surface area contributed by atoms with Crippen molar-refractivity contribution in [1.82, 2.24) is 20.9 Å². The van der Waals surface area contributed by atoms with Crippen molar-refractivity contribution in [3.8, 4) is 11.8 Å². The van der Waals surface area contributed by atoms with Crippen molar-refractivity contribution in [2.45, 2.75) is 24.9 Å². The van der Waals surface area contributed by atoms with Crippen molar-refractivity contribution in [2.24, 2.45) is 23.3 Å². The molecule has 0 radical (unpaired) electrons. The number of carbonyl (C=O) groups is 1. The molecule has 2 fully saturated rings. The van der Waals surface area contributed by atoms with Crippen molar-refractivity contribution in [2.75, 3.05) is 31.5 Å². The lowest BCUT2D eigenvalue weighted by atomic mass is 9.96. The molecule has 146 valence electrons. The Labute approximate surface area is 158 Å². The maximum atomic E-state index is 12.9. The van der Waals surface area contributed by atoms with E-state index in [-0.39, 0.29) is 24.1 Å². The lowest BCUT2D eigenvalue weighted by molar-refractivity contribution is -0.122. The molecule has 1 amide bonds. The summed E-state index contributed by atoms with van der Waals surface area (Å²) in [7, 11) is 0. The van der Waals surface area contributed by atoms with Gasteiger partial charge in [-0.2, -0.15) is 5.26 Å². The summed E-state index contributed by atoms with van der Waals surface area (Å²) in [5, 5.41) is 21.2. The largest absolute Gasteiger partial charge is 0.485 e. The molecule has 0 aliphatic carbocycles. The number of pyridine rings is 1. The van der Waals surface area contributed by atoms with Gasteiger partial charge in [0.25, 0.3) is 0 Å². The van der Waals surface area contributed by atoms with E-state index in [1.807, 2.05) is 0 Å². The van der Waals surface area contributed by atoms with Crippen LogP contribution >= 0.6 is 0 Å². The highest BCUT2D eigenvalue weighted by Crippen LogP contribution is 2.25. The summed E-state index contributed by atoms with van der Waals surface area (Å²) in [4.78, 5) is 16.9.